The largest absolute Gasteiger partial charge is 0.396 e. The maximum Gasteiger partial charge on any atom is 0.254 e. The van der Waals surface area contributed by atoms with Crippen molar-refractivity contribution < 1.29 is 9.90 Å². The highest BCUT2D eigenvalue weighted by atomic mass is 16.3. The van der Waals surface area contributed by atoms with Gasteiger partial charge in [-0.2, -0.15) is 0 Å². The molecule has 3 atom stereocenters. The summed E-state index contributed by atoms with van der Waals surface area (Å²) >= 11 is 0. The van der Waals surface area contributed by atoms with Crippen LogP contribution in [0.5, 0.6) is 0 Å². The van der Waals surface area contributed by atoms with Crippen molar-refractivity contribution in [3.63, 3.8) is 0 Å². The molecule has 28 heavy (non-hydrogen) atoms. The fraction of sp³-hybridized carbons (Fsp3) is 0.391. The summed E-state index contributed by atoms with van der Waals surface area (Å²) in [7, 11) is 1.96. The van der Waals surface area contributed by atoms with E-state index in [1.807, 2.05) is 48.0 Å². The van der Waals surface area contributed by atoms with Crippen molar-refractivity contribution in [3.8, 4) is 0 Å². The molecule has 0 aliphatic carbocycles. The Hall–Kier alpha value is -2.66. The van der Waals surface area contributed by atoms with E-state index in [1.54, 1.807) is 6.33 Å². The molecule has 0 radical (unpaired) electrons. The minimum Gasteiger partial charge on any atom is -0.396 e. The number of nitrogens with zero attached hydrogens (tertiary/aromatic N) is 3. The molecule has 2 aromatic carbocycles. The highest BCUT2D eigenvalue weighted by molar-refractivity contribution is 5.98. The van der Waals surface area contributed by atoms with Gasteiger partial charge in [-0.1, -0.05) is 30.3 Å². The van der Waals surface area contributed by atoms with E-state index in [0.29, 0.717) is 5.56 Å². The lowest BCUT2D eigenvalue weighted by atomic mass is 9.70. The first-order chi connectivity index (χ1) is 13.6. The van der Waals surface area contributed by atoms with Crippen LogP contribution in [0.1, 0.15) is 35.2 Å². The first-order valence-electron chi connectivity index (χ1n) is 10.00. The SMILES string of the molecule is Cn1cnc2cc(C(=O)N3[C@H]4CC[C@@H]3[C@@](CO)(Cc3ccccc3)C4)ccc21. The summed E-state index contributed by atoms with van der Waals surface area (Å²) in [5, 5.41) is 10.4. The average molecular weight is 375 g/mol. The number of fused-ring (bicyclic) bond motifs is 3. The Labute approximate surface area is 164 Å². The number of rotatable bonds is 4. The van der Waals surface area contributed by atoms with Crippen LogP contribution in [-0.2, 0) is 13.5 Å². The molecule has 2 bridgehead atoms. The van der Waals surface area contributed by atoms with E-state index >= 15 is 0 Å². The van der Waals surface area contributed by atoms with Crippen molar-refractivity contribution in [1.29, 1.82) is 0 Å². The summed E-state index contributed by atoms with van der Waals surface area (Å²) in [6.07, 6.45) is 5.46. The van der Waals surface area contributed by atoms with Gasteiger partial charge in [0.05, 0.1) is 24.0 Å². The van der Waals surface area contributed by atoms with Crippen molar-refractivity contribution in [1.82, 2.24) is 14.5 Å². The summed E-state index contributed by atoms with van der Waals surface area (Å²) in [6.45, 7) is 0.117. The van der Waals surface area contributed by atoms with Crippen LogP contribution in [0.2, 0.25) is 0 Å². The molecule has 3 aromatic rings. The van der Waals surface area contributed by atoms with Crippen LogP contribution in [-0.4, -0.2) is 44.2 Å². The smallest absolute Gasteiger partial charge is 0.254 e. The number of imidazole rings is 1. The summed E-state index contributed by atoms with van der Waals surface area (Å²) in [5.74, 6) is 0.0726. The fourth-order valence-corrected chi connectivity index (χ4v) is 5.43. The van der Waals surface area contributed by atoms with Crippen LogP contribution in [0.4, 0.5) is 0 Å². The van der Waals surface area contributed by atoms with Gasteiger partial charge >= 0.3 is 0 Å². The van der Waals surface area contributed by atoms with Gasteiger partial charge in [-0.25, -0.2) is 4.98 Å². The number of aromatic nitrogens is 2. The Bertz CT molecular complexity index is 1030. The first-order valence-corrected chi connectivity index (χ1v) is 10.00. The number of aliphatic hydroxyl groups is 1. The highest BCUT2D eigenvalue weighted by Crippen LogP contribution is 2.51. The van der Waals surface area contributed by atoms with Gasteiger partial charge in [0.1, 0.15) is 0 Å². The highest BCUT2D eigenvalue weighted by Gasteiger charge is 2.57. The van der Waals surface area contributed by atoms with Gasteiger partial charge in [0.2, 0.25) is 0 Å². The van der Waals surface area contributed by atoms with E-state index in [0.717, 1.165) is 36.7 Å². The van der Waals surface area contributed by atoms with E-state index in [1.165, 1.54) is 5.56 Å². The van der Waals surface area contributed by atoms with Crippen molar-refractivity contribution in [2.24, 2.45) is 12.5 Å². The molecule has 0 unspecified atom stereocenters. The van der Waals surface area contributed by atoms with E-state index in [2.05, 4.69) is 22.0 Å². The zero-order chi connectivity index (χ0) is 19.3. The monoisotopic (exact) mass is 375 g/mol. The number of amides is 1. The second kappa shape index (κ2) is 6.45. The minimum atomic E-state index is -0.241. The molecule has 5 heteroatoms. The molecule has 0 saturated carbocycles. The Morgan fingerprint density at radius 3 is 2.82 bits per heavy atom. The molecule has 1 aromatic heterocycles. The Morgan fingerprint density at radius 1 is 1.21 bits per heavy atom. The zero-order valence-electron chi connectivity index (χ0n) is 16.1. The first kappa shape index (κ1) is 17.4. The van der Waals surface area contributed by atoms with Crippen molar-refractivity contribution in [2.75, 3.05) is 6.61 Å². The molecule has 2 fully saturated rings. The molecule has 3 heterocycles. The van der Waals surface area contributed by atoms with Crippen LogP contribution in [0.25, 0.3) is 11.0 Å². The van der Waals surface area contributed by atoms with E-state index in [-0.39, 0.29) is 30.0 Å². The molecule has 5 rings (SSSR count). The van der Waals surface area contributed by atoms with Crippen molar-refractivity contribution >= 4 is 16.9 Å². The average Bonchev–Trinajstić information content (AvgIpc) is 3.40. The number of hydrogen-bond acceptors (Lipinski definition) is 3. The number of benzene rings is 2. The third kappa shape index (κ3) is 2.57. The van der Waals surface area contributed by atoms with Gasteiger partial charge < -0.3 is 14.6 Å². The molecule has 144 valence electrons. The normalized spacial score (nSPS) is 26.3. The third-order valence-electron chi connectivity index (χ3n) is 6.77. The number of aryl methyl sites for hydroxylation is 1. The molecule has 2 aliphatic rings. The van der Waals surface area contributed by atoms with Crippen LogP contribution in [0.3, 0.4) is 0 Å². The van der Waals surface area contributed by atoms with E-state index < -0.39 is 0 Å². The maximum atomic E-state index is 13.4. The second-order valence-corrected chi connectivity index (χ2v) is 8.41. The van der Waals surface area contributed by atoms with Gasteiger partial charge in [-0.15, -0.1) is 0 Å². The Kier molecular flexibility index (Phi) is 4.02. The number of carbonyl (C=O) groups is 1. The summed E-state index contributed by atoms with van der Waals surface area (Å²) in [5.41, 5.74) is 3.55. The quantitative estimate of drug-likeness (QED) is 0.762. The Balaban J connectivity index is 1.46. The predicted molar refractivity (Wildman–Crippen MR) is 108 cm³/mol. The third-order valence-corrected chi connectivity index (χ3v) is 6.77. The summed E-state index contributed by atoms with van der Waals surface area (Å²) in [6, 6.07) is 16.4. The number of hydrogen-bond donors (Lipinski definition) is 1. The molecular weight excluding hydrogens is 350 g/mol. The molecule has 2 aliphatic heterocycles. The minimum absolute atomic E-state index is 0.0726. The standard InChI is InChI=1S/C23H25N3O2/c1-25-15-24-19-11-17(7-9-20(19)25)22(28)26-18-8-10-21(26)23(13-18,14-27)12-16-5-3-2-4-6-16/h2-7,9,11,15,18,21,27H,8,10,12-14H2,1H3/t18-,21+,23-/m0/s1. The maximum absolute atomic E-state index is 13.4. The molecule has 1 amide bonds. The van der Waals surface area contributed by atoms with E-state index in [9.17, 15) is 9.90 Å². The number of carbonyl (C=O) groups excluding carboxylic acids is 1. The molecule has 0 spiro atoms. The molecule has 1 N–H and O–H groups in total. The van der Waals surface area contributed by atoms with Gasteiger partial charge in [-0.3, -0.25) is 4.79 Å². The number of aliphatic hydroxyl groups excluding tert-OH is 1. The summed E-state index contributed by atoms with van der Waals surface area (Å²) < 4.78 is 1.96. The fourth-order valence-electron chi connectivity index (χ4n) is 5.43. The van der Waals surface area contributed by atoms with Crippen molar-refractivity contribution in [3.05, 3.63) is 66.0 Å². The lowest BCUT2D eigenvalue weighted by Gasteiger charge is -2.36. The lowest BCUT2D eigenvalue weighted by molar-refractivity contribution is 0.0571. The van der Waals surface area contributed by atoms with E-state index in [4.69, 9.17) is 0 Å². The molecular formula is C23H25N3O2. The molecule has 5 nitrogen and oxygen atoms in total. The molecule has 2 saturated heterocycles. The van der Waals surface area contributed by atoms with Crippen LogP contribution in [0.15, 0.2) is 54.9 Å². The van der Waals surface area contributed by atoms with Gasteiger partial charge in [-0.05, 0) is 49.4 Å². The van der Waals surface area contributed by atoms with Crippen LogP contribution in [0, 0.1) is 5.41 Å². The van der Waals surface area contributed by atoms with Crippen LogP contribution < -0.4 is 0 Å². The second-order valence-electron chi connectivity index (χ2n) is 8.41. The zero-order valence-corrected chi connectivity index (χ0v) is 16.1. The van der Waals surface area contributed by atoms with Gasteiger partial charge in [0.15, 0.2) is 0 Å². The van der Waals surface area contributed by atoms with Gasteiger partial charge in [0, 0.05) is 30.1 Å². The van der Waals surface area contributed by atoms with Crippen molar-refractivity contribution in [2.45, 2.75) is 37.8 Å². The Morgan fingerprint density at radius 2 is 2.04 bits per heavy atom. The van der Waals surface area contributed by atoms with Crippen LogP contribution >= 0.6 is 0 Å². The topological polar surface area (TPSA) is 58.4 Å². The predicted octanol–water partition coefficient (Wildman–Crippen LogP) is 3.17. The lowest BCUT2D eigenvalue weighted by Crippen LogP contribution is -2.43. The summed E-state index contributed by atoms with van der Waals surface area (Å²) in [4.78, 5) is 19.9. The van der Waals surface area contributed by atoms with Gasteiger partial charge in [0.25, 0.3) is 5.91 Å².